The lowest BCUT2D eigenvalue weighted by atomic mass is 9.81. The summed E-state index contributed by atoms with van der Waals surface area (Å²) >= 11 is 1.21. The Labute approximate surface area is 278 Å². The summed E-state index contributed by atoms with van der Waals surface area (Å²) in [5, 5.41) is 3.22. The van der Waals surface area contributed by atoms with E-state index < -0.39 is 33.0 Å². The Hall–Kier alpha value is -3.86. The van der Waals surface area contributed by atoms with Gasteiger partial charge in [0.25, 0.3) is 0 Å². The number of urea groups is 1. The molecule has 3 aromatic rings. The highest BCUT2D eigenvalue weighted by atomic mass is 32.2. The van der Waals surface area contributed by atoms with Crippen molar-refractivity contribution in [1.82, 2.24) is 19.2 Å². The van der Waals surface area contributed by atoms with E-state index in [1.165, 1.54) is 42.9 Å². The summed E-state index contributed by atoms with van der Waals surface area (Å²) in [5.41, 5.74) is 0.431. The van der Waals surface area contributed by atoms with E-state index in [0.29, 0.717) is 52.1 Å². The number of ether oxygens (including phenoxy) is 3. The van der Waals surface area contributed by atoms with Crippen LogP contribution in [0.5, 0.6) is 5.88 Å². The smallest absolute Gasteiger partial charge is 0.328 e. The van der Waals surface area contributed by atoms with Crippen molar-refractivity contribution < 1.29 is 37.0 Å². The lowest BCUT2D eigenvalue weighted by Crippen LogP contribution is -2.41. The van der Waals surface area contributed by atoms with Crippen LogP contribution in [-0.4, -0.2) is 105 Å². The Morgan fingerprint density at radius 3 is 2.51 bits per heavy atom. The third-order valence-electron chi connectivity index (χ3n) is 8.16. The number of nitrogens with one attached hydrogen (secondary N) is 1. The second kappa shape index (κ2) is 13.3. The van der Waals surface area contributed by atoms with Gasteiger partial charge in [0.2, 0.25) is 21.8 Å². The Kier molecular flexibility index (Phi) is 9.78. The molecule has 254 valence electrons. The van der Waals surface area contributed by atoms with E-state index in [0.717, 1.165) is 0 Å². The molecule has 4 heterocycles. The van der Waals surface area contributed by atoms with Crippen molar-refractivity contribution in [2.45, 2.75) is 56.4 Å². The average Bonchev–Trinajstić information content (AvgIpc) is 3.71. The highest BCUT2D eigenvalue weighted by molar-refractivity contribution is 7.89. The van der Waals surface area contributed by atoms with Gasteiger partial charge in [0.15, 0.2) is 5.13 Å². The molecule has 1 fully saturated rings. The van der Waals surface area contributed by atoms with Crippen molar-refractivity contribution in [1.29, 1.82) is 0 Å². The summed E-state index contributed by atoms with van der Waals surface area (Å²) in [5.74, 6) is -0.175. The first-order valence-corrected chi connectivity index (χ1v) is 17.4. The molecule has 47 heavy (non-hydrogen) atoms. The van der Waals surface area contributed by atoms with Gasteiger partial charge in [0.1, 0.15) is 15.9 Å². The third kappa shape index (κ3) is 7.35. The van der Waals surface area contributed by atoms with Gasteiger partial charge in [0, 0.05) is 63.9 Å². The van der Waals surface area contributed by atoms with Crippen LogP contribution in [0, 0.1) is 0 Å². The van der Waals surface area contributed by atoms with E-state index in [2.05, 4.69) is 15.3 Å². The zero-order chi connectivity index (χ0) is 34.1. The SMILES string of the molecule is COCCN(CCC(=O)OC(C)(C)C)S(=O)(=O)c1ccc2c(c1)C1(CCN(C(C)=O)C1)CN2C(=O)Nc1nc2ccc(OC)nc2s1. The number of likely N-dealkylation sites (tertiary alicyclic amines) is 1. The molecule has 14 nitrogen and oxygen atoms in total. The van der Waals surface area contributed by atoms with E-state index >= 15 is 0 Å². The molecule has 2 aliphatic rings. The number of nitrogens with zero attached hydrogens (tertiary/aromatic N) is 5. The summed E-state index contributed by atoms with van der Waals surface area (Å²) < 4.78 is 45.0. The van der Waals surface area contributed by atoms with Crippen LogP contribution in [0.3, 0.4) is 0 Å². The number of rotatable bonds is 10. The number of anilines is 2. The molecular weight excluding hydrogens is 649 g/mol. The number of benzene rings is 1. The Balaban J connectivity index is 1.46. The van der Waals surface area contributed by atoms with E-state index in [9.17, 15) is 22.8 Å². The summed E-state index contributed by atoms with van der Waals surface area (Å²) in [6.07, 6.45) is 0.411. The topological polar surface area (TPSA) is 161 Å². The molecule has 2 aliphatic heterocycles. The number of thiazole rings is 1. The molecule has 1 aromatic carbocycles. The number of hydrogen-bond acceptors (Lipinski definition) is 11. The van der Waals surface area contributed by atoms with Gasteiger partial charge in [-0.2, -0.15) is 4.31 Å². The largest absolute Gasteiger partial charge is 0.481 e. The summed E-state index contributed by atoms with van der Waals surface area (Å²) in [7, 11) is -1.10. The van der Waals surface area contributed by atoms with E-state index in [1.54, 1.807) is 54.8 Å². The van der Waals surface area contributed by atoms with Crippen molar-refractivity contribution in [3.8, 4) is 5.88 Å². The molecule has 5 rings (SSSR count). The quantitative estimate of drug-likeness (QED) is 0.312. The number of amides is 3. The van der Waals surface area contributed by atoms with Crippen LogP contribution in [0.25, 0.3) is 10.3 Å². The van der Waals surface area contributed by atoms with Crippen molar-refractivity contribution >= 4 is 60.4 Å². The molecule has 0 aliphatic carbocycles. The third-order valence-corrected chi connectivity index (χ3v) is 10.9. The van der Waals surface area contributed by atoms with Gasteiger partial charge in [0.05, 0.1) is 25.0 Å². The number of sulfonamides is 1. The first-order chi connectivity index (χ1) is 22.2. The lowest BCUT2D eigenvalue weighted by molar-refractivity contribution is -0.154. The van der Waals surface area contributed by atoms with Gasteiger partial charge in [-0.15, -0.1) is 0 Å². The molecular formula is C31H40N6O8S2. The van der Waals surface area contributed by atoms with E-state index in [4.69, 9.17) is 14.2 Å². The zero-order valence-corrected chi connectivity index (χ0v) is 29.0. The molecule has 0 saturated carbocycles. The van der Waals surface area contributed by atoms with Crippen LogP contribution in [-0.2, 0) is 34.5 Å². The predicted molar refractivity (Wildman–Crippen MR) is 176 cm³/mol. The normalized spacial score (nSPS) is 17.9. The van der Waals surface area contributed by atoms with E-state index in [-0.39, 0.29) is 43.5 Å². The van der Waals surface area contributed by atoms with Crippen LogP contribution >= 0.6 is 11.3 Å². The van der Waals surface area contributed by atoms with Crippen LogP contribution in [0.15, 0.2) is 35.2 Å². The van der Waals surface area contributed by atoms with Gasteiger partial charge < -0.3 is 19.1 Å². The number of hydrogen-bond donors (Lipinski definition) is 1. The summed E-state index contributed by atoms with van der Waals surface area (Å²) in [6, 6.07) is 7.70. The number of fused-ring (bicyclic) bond motifs is 3. The molecule has 3 amide bonds. The van der Waals surface area contributed by atoms with Gasteiger partial charge in [-0.25, -0.2) is 23.2 Å². The van der Waals surface area contributed by atoms with Crippen molar-refractivity contribution in [2.75, 3.05) is 63.8 Å². The van der Waals surface area contributed by atoms with Gasteiger partial charge in [-0.05, 0) is 57.0 Å². The molecule has 16 heteroatoms. The second-order valence-corrected chi connectivity index (χ2v) is 15.5. The molecule has 1 unspecified atom stereocenters. The monoisotopic (exact) mass is 688 g/mol. The van der Waals surface area contributed by atoms with Crippen LogP contribution in [0.1, 0.15) is 46.1 Å². The number of aromatic nitrogens is 2. The predicted octanol–water partition coefficient (Wildman–Crippen LogP) is 3.61. The molecule has 1 saturated heterocycles. The maximum absolute atomic E-state index is 14.0. The van der Waals surface area contributed by atoms with Gasteiger partial charge >= 0.3 is 12.0 Å². The average molecular weight is 689 g/mol. The van der Waals surface area contributed by atoms with Gasteiger partial charge in [-0.3, -0.25) is 19.8 Å². The Bertz CT molecular complexity index is 1790. The molecule has 1 N–H and O–H groups in total. The molecule has 1 spiro atoms. The van der Waals surface area contributed by atoms with Crippen LogP contribution in [0.4, 0.5) is 15.6 Å². The maximum Gasteiger partial charge on any atom is 0.328 e. The number of carbonyl (C=O) groups excluding carboxylic acids is 3. The molecule has 0 radical (unpaired) electrons. The van der Waals surface area contributed by atoms with Crippen molar-refractivity contribution in [2.24, 2.45) is 0 Å². The van der Waals surface area contributed by atoms with Crippen molar-refractivity contribution in [3.63, 3.8) is 0 Å². The molecule has 0 bridgehead atoms. The Morgan fingerprint density at radius 1 is 1.09 bits per heavy atom. The van der Waals surface area contributed by atoms with Crippen LogP contribution < -0.4 is 15.0 Å². The second-order valence-electron chi connectivity index (χ2n) is 12.6. The first-order valence-electron chi connectivity index (χ1n) is 15.2. The number of methoxy groups -OCH3 is 2. The minimum Gasteiger partial charge on any atom is -0.481 e. The standard InChI is InChI=1S/C31H40N6O8S2/c1-20(38)35-14-12-31(18-35)19-37(29(40)34-28-32-23-8-10-25(44-6)33-27(23)46-28)24-9-7-21(17-22(24)31)47(41,42)36(15-16-43-5)13-11-26(39)45-30(2,3)4/h7-10,17H,11-16,18-19H2,1-6H3,(H,32,34,40). The first kappa shape index (κ1) is 34.5. The number of esters is 1. The maximum atomic E-state index is 14.0. The molecule has 2 aromatic heterocycles. The van der Waals surface area contributed by atoms with Gasteiger partial charge in [-0.1, -0.05) is 11.3 Å². The van der Waals surface area contributed by atoms with E-state index in [1.807, 2.05) is 0 Å². The minimum absolute atomic E-state index is 0.0191. The number of carbonyl (C=O) groups is 3. The Morgan fingerprint density at radius 2 is 1.85 bits per heavy atom. The zero-order valence-electron chi connectivity index (χ0n) is 27.4. The minimum atomic E-state index is -4.10. The summed E-state index contributed by atoms with van der Waals surface area (Å²) in [4.78, 5) is 51.4. The highest BCUT2D eigenvalue weighted by Crippen LogP contribution is 2.47. The highest BCUT2D eigenvalue weighted by Gasteiger charge is 2.50. The van der Waals surface area contributed by atoms with Crippen molar-refractivity contribution in [3.05, 3.63) is 35.9 Å². The van der Waals surface area contributed by atoms with Crippen LogP contribution in [0.2, 0.25) is 0 Å². The lowest BCUT2D eigenvalue weighted by Gasteiger charge is -2.26. The summed E-state index contributed by atoms with van der Waals surface area (Å²) in [6.45, 7) is 7.84. The number of pyridine rings is 1. The molecule has 1 atom stereocenters. The fourth-order valence-electron chi connectivity index (χ4n) is 5.91. The fraction of sp³-hybridized carbons (Fsp3) is 0.516. The fourth-order valence-corrected chi connectivity index (χ4v) is 8.18.